The molecule has 0 unspecified atom stereocenters. The van der Waals surface area contributed by atoms with Crippen LogP contribution < -0.4 is 5.32 Å². The van der Waals surface area contributed by atoms with Gasteiger partial charge in [-0.25, -0.2) is 0 Å². The predicted octanol–water partition coefficient (Wildman–Crippen LogP) is 4.11. The van der Waals surface area contributed by atoms with Gasteiger partial charge in [-0.1, -0.05) is 31.0 Å². The van der Waals surface area contributed by atoms with Crippen LogP contribution in [-0.2, 0) is 0 Å². The first kappa shape index (κ1) is 10.8. The molecule has 2 heteroatoms. The van der Waals surface area contributed by atoms with E-state index >= 15 is 0 Å². The zero-order valence-corrected chi connectivity index (χ0v) is 10.1. The molecule has 1 aromatic carbocycles. The molecule has 0 aromatic heterocycles. The number of aryl methyl sites for hydroxylation is 1. The largest absolute Gasteiger partial charge is 0.385 e. The molecular formula is C13H18ClN. The predicted molar refractivity (Wildman–Crippen MR) is 66.6 cm³/mol. The lowest BCUT2D eigenvalue weighted by atomic mass is 9.75. The van der Waals surface area contributed by atoms with E-state index in [1.165, 1.54) is 24.1 Å². The van der Waals surface area contributed by atoms with Crippen molar-refractivity contribution in [1.82, 2.24) is 0 Å². The Kier molecular flexibility index (Phi) is 3.20. The highest BCUT2D eigenvalue weighted by Crippen LogP contribution is 2.34. The molecule has 1 aromatic rings. The topological polar surface area (TPSA) is 12.0 Å². The molecule has 1 aliphatic carbocycles. The van der Waals surface area contributed by atoms with Gasteiger partial charge in [0.15, 0.2) is 0 Å². The molecule has 0 heterocycles. The van der Waals surface area contributed by atoms with Crippen LogP contribution in [-0.4, -0.2) is 6.54 Å². The van der Waals surface area contributed by atoms with Crippen LogP contribution in [0.1, 0.15) is 25.3 Å². The Morgan fingerprint density at radius 3 is 2.80 bits per heavy atom. The third kappa shape index (κ3) is 2.46. The summed E-state index contributed by atoms with van der Waals surface area (Å²) in [5, 5.41) is 4.31. The van der Waals surface area contributed by atoms with Crippen LogP contribution in [0, 0.1) is 18.8 Å². The molecule has 1 N–H and O–H groups in total. The van der Waals surface area contributed by atoms with Gasteiger partial charge in [0.25, 0.3) is 0 Å². The van der Waals surface area contributed by atoms with E-state index in [0.29, 0.717) is 0 Å². The number of rotatable bonds is 3. The van der Waals surface area contributed by atoms with Gasteiger partial charge in [0.2, 0.25) is 0 Å². The zero-order chi connectivity index (χ0) is 10.8. The van der Waals surface area contributed by atoms with Crippen molar-refractivity contribution in [2.75, 3.05) is 11.9 Å². The van der Waals surface area contributed by atoms with Crippen molar-refractivity contribution in [1.29, 1.82) is 0 Å². The summed E-state index contributed by atoms with van der Waals surface area (Å²) in [5.41, 5.74) is 2.45. The van der Waals surface area contributed by atoms with E-state index in [-0.39, 0.29) is 0 Å². The molecule has 0 saturated heterocycles. The van der Waals surface area contributed by atoms with Crippen LogP contribution in [0.15, 0.2) is 18.2 Å². The molecule has 0 spiro atoms. The number of hydrogen-bond donors (Lipinski definition) is 1. The van der Waals surface area contributed by atoms with Gasteiger partial charge in [-0.2, -0.15) is 0 Å². The standard InChI is InChI=1S/C13H18ClN/c1-9-3-5-11(9)8-15-13-7-12(14)6-4-10(13)2/h4,6-7,9,11,15H,3,5,8H2,1-2H3/t9-,11+/m0/s1. The van der Waals surface area contributed by atoms with Crippen LogP contribution in [0.4, 0.5) is 5.69 Å². The Bertz CT molecular complexity index is 348. The van der Waals surface area contributed by atoms with E-state index in [4.69, 9.17) is 11.6 Å². The highest BCUT2D eigenvalue weighted by atomic mass is 35.5. The summed E-state index contributed by atoms with van der Waals surface area (Å²) in [6.45, 7) is 5.53. The summed E-state index contributed by atoms with van der Waals surface area (Å²) in [5.74, 6) is 1.74. The van der Waals surface area contributed by atoms with E-state index in [9.17, 15) is 0 Å². The van der Waals surface area contributed by atoms with E-state index < -0.39 is 0 Å². The van der Waals surface area contributed by atoms with E-state index in [1.54, 1.807) is 0 Å². The van der Waals surface area contributed by atoms with Crippen molar-refractivity contribution in [2.24, 2.45) is 11.8 Å². The van der Waals surface area contributed by atoms with Crippen molar-refractivity contribution in [3.8, 4) is 0 Å². The fraction of sp³-hybridized carbons (Fsp3) is 0.538. The third-order valence-electron chi connectivity index (χ3n) is 3.55. The van der Waals surface area contributed by atoms with Crippen molar-refractivity contribution >= 4 is 17.3 Å². The second-order valence-electron chi connectivity index (χ2n) is 4.65. The highest BCUT2D eigenvalue weighted by Gasteiger charge is 2.26. The van der Waals surface area contributed by atoms with Gasteiger partial charge in [-0.05, 0) is 42.9 Å². The van der Waals surface area contributed by atoms with E-state index in [2.05, 4.69) is 25.2 Å². The summed E-state index contributed by atoms with van der Waals surface area (Å²) in [4.78, 5) is 0. The molecule has 2 atom stereocenters. The summed E-state index contributed by atoms with van der Waals surface area (Å²) in [6.07, 6.45) is 2.76. The molecular weight excluding hydrogens is 206 g/mol. The third-order valence-corrected chi connectivity index (χ3v) is 3.79. The maximum atomic E-state index is 5.97. The lowest BCUT2D eigenvalue weighted by Gasteiger charge is -2.34. The van der Waals surface area contributed by atoms with Gasteiger partial charge in [0.05, 0.1) is 0 Å². The Morgan fingerprint density at radius 2 is 2.20 bits per heavy atom. The van der Waals surface area contributed by atoms with Gasteiger partial charge >= 0.3 is 0 Å². The number of hydrogen-bond acceptors (Lipinski definition) is 1. The van der Waals surface area contributed by atoms with Gasteiger partial charge in [-0.3, -0.25) is 0 Å². The molecule has 1 nitrogen and oxygen atoms in total. The lowest BCUT2D eigenvalue weighted by Crippen LogP contribution is -2.29. The SMILES string of the molecule is Cc1ccc(Cl)cc1NC[C@H]1CC[C@@H]1C. The molecule has 0 bridgehead atoms. The van der Waals surface area contributed by atoms with Gasteiger partial charge in [-0.15, -0.1) is 0 Å². The smallest absolute Gasteiger partial charge is 0.0426 e. The first-order valence-electron chi connectivity index (χ1n) is 5.67. The summed E-state index contributed by atoms with van der Waals surface area (Å²) in [7, 11) is 0. The Hall–Kier alpha value is -0.690. The summed E-state index contributed by atoms with van der Waals surface area (Å²) >= 11 is 5.97. The molecule has 1 fully saturated rings. The van der Waals surface area contributed by atoms with Crippen LogP contribution in [0.3, 0.4) is 0 Å². The minimum atomic E-state index is 0.810. The van der Waals surface area contributed by atoms with Crippen LogP contribution in [0.25, 0.3) is 0 Å². The maximum Gasteiger partial charge on any atom is 0.0426 e. The number of anilines is 1. The molecule has 82 valence electrons. The van der Waals surface area contributed by atoms with Crippen LogP contribution >= 0.6 is 11.6 Å². The molecule has 0 aliphatic heterocycles. The molecule has 0 radical (unpaired) electrons. The normalized spacial score (nSPS) is 24.7. The number of nitrogens with one attached hydrogen (secondary N) is 1. The maximum absolute atomic E-state index is 5.97. The highest BCUT2D eigenvalue weighted by molar-refractivity contribution is 6.30. The van der Waals surface area contributed by atoms with Crippen molar-refractivity contribution in [3.05, 3.63) is 28.8 Å². The second kappa shape index (κ2) is 4.44. The number of halogens is 1. The zero-order valence-electron chi connectivity index (χ0n) is 9.39. The summed E-state index contributed by atoms with van der Waals surface area (Å²) < 4.78 is 0. The van der Waals surface area contributed by atoms with E-state index in [0.717, 1.165) is 23.4 Å². The van der Waals surface area contributed by atoms with Crippen LogP contribution in [0.2, 0.25) is 5.02 Å². The quantitative estimate of drug-likeness (QED) is 0.814. The van der Waals surface area contributed by atoms with Gasteiger partial charge in [0, 0.05) is 17.3 Å². The molecule has 1 aliphatic rings. The van der Waals surface area contributed by atoms with Crippen LogP contribution in [0.5, 0.6) is 0 Å². The fourth-order valence-electron chi connectivity index (χ4n) is 2.06. The molecule has 0 amide bonds. The second-order valence-corrected chi connectivity index (χ2v) is 5.09. The Labute approximate surface area is 96.8 Å². The van der Waals surface area contributed by atoms with Crippen molar-refractivity contribution in [2.45, 2.75) is 26.7 Å². The molecule has 2 rings (SSSR count). The minimum Gasteiger partial charge on any atom is -0.385 e. The summed E-state index contributed by atoms with van der Waals surface area (Å²) in [6, 6.07) is 6.02. The van der Waals surface area contributed by atoms with E-state index in [1.807, 2.05) is 12.1 Å². The first-order chi connectivity index (χ1) is 7.16. The minimum absolute atomic E-state index is 0.810. The number of benzene rings is 1. The van der Waals surface area contributed by atoms with Crippen molar-refractivity contribution in [3.63, 3.8) is 0 Å². The first-order valence-corrected chi connectivity index (χ1v) is 6.04. The average molecular weight is 224 g/mol. The Morgan fingerprint density at radius 1 is 1.40 bits per heavy atom. The average Bonchev–Trinajstić information content (AvgIpc) is 2.21. The molecule has 1 saturated carbocycles. The van der Waals surface area contributed by atoms with Gasteiger partial charge in [0.1, 0.15) is 0 Å². The molecule has 15 heavy (non-hydrogen) atoms. The van der Waals surface area contributed by atoms with Gasteiger partial charge < -0.3 is 5.32 Å². The monoisotopic (exact) mass is 223 g/mol. The Balaban J connectivity index is 1.95. The van der Waals surface area contributed by atoms with Crippen molar-refractivity contribution < 1.29 is 0 Å². The lowest BCUT2D eigenvalue weighted by molar-refractivity contribution is 0.210. The fourth-order valence-corrected chi connectivity index (χ4v) is 2.24.